The summed E-state index contributed by atoms with van der Waals surface area (Å²) in [5.41, 5.74) is 11.2. The monoisotopic (exact) mass is 699 g/mol. The van der Waals surface area contributed by atoms with E-state index in [9.17, 15) is 24.0 Å². The molecule has 274 valence electrons. The molecule has 11 heteroatoms. The zero-order valence-corrected chi connectivity index (χ0v) is 30.1. The molecular weight excluding hydrogens is 646 g/mol. The standard InChI is InChI=1S/C40H53N5O6/c1-4-5-28-45(40(50)51-43-37(47)25-24-36(46)42-27-16-15-19-32-17-9-6-10-18-32)31(3)39(49)44(30(2)38(41)48)29-26-35(33-20-11-7-12-21-33)34-22-13-8-14-23-34/h6-14,17-18,20-23,30-31,35H,4-5,15-16,19,24-29H2,1-3H3,(H2,41,48)(H,42,46)(H,43,47). The molecule has 2 atom stereocenters. The Bertz CT molecular complexity index is 1480. The smallest absolute Gasteiger partial charge is 0.368 e. The van der Waals surface area contributed by atoms with Gasteiger partial charge in [-0.1, -0.05) is 104 Å². The molecular formula is C40H53N5O6. The zero-order chi connectivity index (χ0) is 37.0. The quantitative estimate of drug-likeness (QED) is 0.105. The van der Waals surface area contributed by atoms with Crippen LogP contribution in [0.5, 0.6) is 0 Å². The van der Waals surface area contributed by atoms with Crippen LogP contribution in [-0.2, 0) is 30.4 Å². The van der Waals surface area contributed by atoms with Crippen LogP contribution in [0.3, 0.4) is 0 Å². The third-order valence-electron chi connectivity index (χ3n) is 8.93. The van der Waals surface area contributed by atoms with Gasteiger partial charge in [-0.15, -0.1) is 0 Å². The second-order valence-electron chi connectivity index (χ2n) is 12.7. The molecule has 0 saturated heterocycles. The highest BCUT2D eigenvalue weighted by Gasteiger charge is 2.34. The van der Waals surface area contributed by atoms with Crippen LogP contribution in [0, 0.1) is 0 Å². The van der Waals surface area contributed by atoms with E-state index in [0.717, 1.165) is 36.8 Å². The largest absolute Gasteiger partial charge is 0.434 e. The van der Waals surface area contributed by atoms with Crippen LogP contribution in [0.15, 0.2) is 91.0 Å². The van der Waals surface area contributed by atoms with Crippen molar-refractivity contribution < 1.29 is 28.8 Å². The number of nitrogens with one attached hydrogen (secondary N) is 2. The molecule has 4 N–H and O–H groups in total. The molecule has 11 nitrogen and oxygen atoms in total. The van der Waals surface area contributed by atoms with E-state index in [4.69, 9.17) is 10.6 Å². The van der Waals surface area contributed by atoms with Crippen LogP contribution in [0.2, 0.25) is 0 Å². The summed E-state index contributed by atoms with van der Waals surface area (Å²) in [5, 5.41) is 2.81. The number of hydrogen-bond acceptors (Lipinski definition) is 6. The number of carbonyl (C=O) groups excluding carboxylic acids is 5. The molecule has 0 aliphatic rings. The first-order chi connectivity index (χ1) is 24.6. The van der Waals surface area contributed by atoms with E-state index in [-0.39, 0.29) is 37.8 Å². The Morgan fingerprint density at radius 3 is 1.84 bits per heavy atom. The molecule has 0 aromatic heterocycles. The van der Waals surface area contributed by atoms with E-state index in [0.29, 0.717) is 19.4 Å². The number of rotatable bonds is 20. The van der Waals surface area contributed by atoms with Gasteiger partial charge in [0, 0.05) is 38.4 Å². The van der Waals surface area contributed by atoms with E-state index in [1.165, 1.54) is 15.4 Å². The summed E-state index contributed by atoms with van der Waals surface area (Å²) in [6.45, 7) is 5.97. The Balaban J connectivity index is 1.57. The molecule has 0 aliphatic carbocycles. The second kappa shape index (κ2) is 21.8. The second-order valence-corrected chi connectivity index (χ2v) is 12.7. The average Bonchev–Trinajstić information content (AvgIpc) is 3.15. The van der Waals surface area contributed by atoms with Gasteiger partial charge in [-0.3, -0.25) is 24.1 Å². The predicted molar refractivity (Wildman–Crippen MR) is 197 cm³/mol. The molecule has 2 unspecified atom stereocenters. The first-order valence-corrected chi connectivity index (χ1v) is 17.9. The normalized spacial score (nSPS) is 12.0. The Morgan fingerprint density at radius 2 is 1.27 bits per heavy atom. The number of amides is 5. The predicted octanol–water partition coefficient (Wildman–Crippen LogP) is 5.49. The zero-order valence-electron chi connectivity index (χ0n) is 30.1. The lowest BCUT2D eigenvalue weighted by Gasteiger charge is -2.35. The molecule has 51 heavy (non-hydrogen) atoms. The van der Waals surface area contributed by atoms with Gasteiger partial charge >= 0.3 is 6.09 Å². The Hall–Kier alpha value is -5.19. The molecule has 0 aliphatic heterocycles. The van der Waals surface area contributed by atoms with Crippen LogP contribution in [0.25, 0.3) is 0 Å². The number of nitrogens with two attached hydrogens (primary N) is 1. The van der Waals surface area contributed by atoms with Crippen molar-refractivity contribution >= 4 is 29.7 Å². The van der Waals surface area contributed by atoms with Crippen molar-refractivity contribution in [2.24, 2.45) is 5.73 Å². The Kier molecular flexibility index (Phi) is 17.2. The maximum atomic E-state index is 14.0. The lowest BCUT2D eigenvalue weighted by molar-refractivity contribution is -0.143. The van der Waals surface area contributed by atoms with Gasteiger partial charge in [0.15, 0.2) is 0 Å². The van der Waals surface area contributed by atoms with Gasteiger partial charge in [0.1, 0.15) is 12.1 Å². The topological polar surface area (TPSA) is 151 Å². The van der Waals surface area contributed by atoms with Crippen LogP contribution in [0.1, 0.15) is 88.3 Å². The number of primary amides is 1. The molecule has 0 radical (unpaired) electrons. The van der Waals surface area contributed by atoms with E-state index in [1.54, 1.807) is 13.8 Å². The molecule has 0 heterocycles. The summed E-state index contributed by atoms with van der Waals surface area (Å²) in [6, 6.07) is 28.0. The molecule has 3 rings (SSSR count). The SMILES string of the molecule is CCCCN(C(=O)ONC(=O)CCC(=O)NCCCCc1ccccc1)C(C)C(=O)N(CCC(c1ccccc1)c1ccccc1)C(C)C(N)=O. The number of unbranched alkanes of at least 4 members (excludes halogenated alkanes) is 2. The van der Waals surface area contributed by atoms with E-state index in [2.05, 4.69) is 22.9 Å². The highest BCUT2D eigenvalue weighted by atomic mass is 16.7. The highest BCUT2D eigenvalue weighted by Crippen LogP contribution is 2.28. The van der Waals surface area contributed by atoms with Gasteiger partial charge in [0.25, 0.3) is 5.91 Å². The maximum absolute atomic E-state index is 14.0. The van der Waals surface area contributed by atoms with Crippen molar-refractivity contribution in [2.75, 3.05) is 19.6 Å². The maximum Gasteiger partial charge on any atom is 0.434 e. The number of carbonyl (C=O) groups is 5. The van der Waals surface area contributed by atoms with Crippen LogP contribution < -0.4 is 16.5 Å². The Labute approximate surface area is 301 Å². The Morgan fingerprint density at radius 1 is 0.706 bits per heavy atom. The molecule has 3 aromatic rings. The number of hydroxylamine groups is 1. The summed E-state index contributed by atoms with van der Waals surface area (Å²) >= 11 is 0. The number of hydrogen-bond donors (Lipinski definition) is 3. The highest BCUT2D eigenvalue weighted by molar-refractivity contribution is 5.90. The van der Waals surface area contributed by atoms with Crippen molar-refractivity contribution in [2.45, 2.75) is 90.1 Å². The molecule has 0 fully saturated rings. The first kappa shape index (κ1) is 40.2. The molecule has 3 aromatic carbocycles. The van der Waals surface area contributed by atoms with Gasteiger partial charge in [0.05, 0.1) is 0 Å². The fourth-order valence-corrected chi connectivity index (χ4v) is 5.81. The number of benzene rings is 3. The summed E-state index contributed by atoms with van der Waals surface area (Å²) in [4.78, 5) is 72.2. The molecule has 0 spiro atoms. The van der Waals surface area contributed by atoms with Gasteiger partial charge in [-0.2, -0.15) is 5.48 Å². The van der Waals surface area contributed by atoms with Gasteiger partial charge in [-0.05, 0) is 62.6 Å². The van der Waals surface area contributed by atoms with Gasteiger partial charge in [0.2, 0.25) is 17.7 Å². The summed E-state index contributed by atoms with van der Waals surface area (Å²) in [7, 11) is 0. The summed E-state index contributed by atoms with van der Waals surface area (Å²) in [6.07, 6.45) is 3.30. The van der Waals surface area contributed by atoms with Gasteiger partial charge < -0.3 is 20.8 Å². The van der Waals surface area contributed by atoms with Crippen molar-refractivity contribution in [1.82, 2.24) is 20.6 Å². The van der Waals surface area contributed by atoms with Crippen molar-refractivity contribution in [1.29, 1.82) is 0 Å². The summed E-state index contributed by atoms with van der Waals surface area (Å²) in [5.74, 6) is -2.12. The third kappa shape index (κ3) is 13.6. The van der Waals surface area contributed by atoms with Crippen molar-refractivity contribution in [3.8, 4) is 0 Å². The lowest BCUT2D eigenvalue weighted by atomic mass is 9.88. The van der Waals surface area contributed by atoms with Crippen molar-refractivity contribution in [3.05, 3.63) is 108 Å². The van der Waals surface area contributed by atoms with E-state index >= 15 is 0 Å². The first-order valence-electron chi connectivity index (χ1n) is 17.9. The molecule has 0 saturated carbocycles. The van der Waals surface area contributed by atoms with E-state index < -0.39 is 35.9 Å². The number of nitrogens with zero attached hydrogens (tertiary/aromatic N) is 2. The lowest BCUT2D eigenvalue weighted by Crippen LogP contribution is -2.55. The third-order valence-corrected chi connectivity index (χ3v) is 8.93. The van der Waals surface area contributed by atoms with Gasteiger partial charge in [-0.25, -0.2) is 4.79 Å². The average molecular weight is 700 g/mol. The van der Waals surface area contributed by atoms with Crippen LogP contribution in [0.4, 0.5) is 4.79 Å². The van der Waals surface area contributed by atoms with Crippen molar-refractivity contribution in [3.63, 3.8) is 0 Å². The molecule has 0 bridgehead atoms. The fraction of sp³-hybridized carbons (Fsp3) is 0.425. The minimum absolute atomic E-state index is 0.0591. The van der Waals surface area contributed by atoms with Crippen LogP contribution >= 0.6 is 0 Å². The molecule has 5 amide bonds. The summed E-state index contributed by atoms with van der Waals surface area (Å²) < 4.78 is 0. The number of aryl methyl sites for hydroxylation is 1. The minimum atomic E-state index is -1.03. The van der Waals surface area contributed by atoms with E-state index in [1.807, 2.05) is 85.8 Å². The minimum Gasteiger partial charge on any atom is -0.368 e. The van der Waals surface area contributed by atoms with Crippen LogP contribution in [-0.4, -0.2) is 71.2 Å². The fourth-order valence-electron chi connectivity index (χ4n) is 5.81.